The van der Waals surface area contributed by atoms with Gasteiger partial charge in [-0.1, -0.05) is 0 Å². The van der Waals surface area contributed by atoms with E-state index in [-0.39, 0.29) is 17.4 Å². The van der Waals surface area contributed by atoms with Crippen molar-refractivity contribution in [1.29, 1.82) is 0 Å². The second kappa shape index (κ2) is 2.95. The number of ether oxygens (including phenoxy) is 1. The normalized spacial score (nSPS) is 38.2. The van der Waals surface area contributed by atoms with Gasteiger partial charge in [0.15, 0.2) is 0 Å². The van der Waals surface area contributed by atoms with Crippen LogP contribution >= 0.6 is 0 Å². The van der Waals surface area contributed by atoms with Gasteiger partial charge in [0.05, 0.1) is 5.60 Å². The third-order valence-electron chi connectivity index (χ3n) is 3.27. The van der Waals surface area contributed by atoms with Crippen molar-refractivity contribution in [3.8, 4) is 0 Å². The van der Waals surface area contributed by atoms with E-state index in [4.69, 9.17) is 10.5 Å². The van der Waals surface area contributed by atoms with Crippen LogP contribution in [-0.4, -0.2) is 41.5 Å². The quantitative estimate of drug-likeness (QED) is 0.636. The topological polar surface area (TPSA) is 72.6 Å². The van der Waals surface area contributed by atoms with Crippen molar-refractivity contribution in [3.05, 3.63) is 0 Å². The molecular formula is C10H16N2O3. The van der Waals surface area contributed by atoms with Crippen molar-refractivity contribution in [3.63, 3.8) is 0 Å². The Morgan fingerprint density at radius 3 is 2.73 bits per heavy atom. The number of likely N-dealkylation sites (N-methyl/N-ethyl adjacent to an activating group) is 1. The molecule has 84 valence electrons. The molecule has 0 aliphatic carbocycles. The SMILES string of the molecule is CN1C(=O)C2OC(C)(C)CC2C1C(N)=O. The lowest BCUT2D eigenvalue weighted by molar-refractivity contribution is -0.142. The largest absolute Gasteiger partial charge is 0.368 e. The number of likely N-dealkylation sites (tertiary alicyclic amines) is 1. The molecule has 2 amide bonds. The number of hydrogen-bond donors (Lipinski definition) is 1. The summed E-state index contributed by atoms with van der Waals surface area (Å²) >= 11 is 0. The van der Waals surface area contributed by atoms with E-state index in [0.29, 0.717) is 6.42 Å². The van der Waals surface area contributed by atoms with E-state index in [1.165, 1.54) is 4.90 Å². The van der Waals surface area contributed by atoms with Crippen molar-refractivity contribution >= 4 is 11.8 Å². The van der Waals surface area contributed by atoms with Gasteiger partial charge in [0, 0.05) is 13.0 Å². The lowest BCUT2D eigenvalue weighted by Crippen LogP contribution is -2.43. The van der Waals surface area contributed by atoms with Gasteiger partial charge in [-0.15, -0.1) is 0 Å². The number of amides is 2. The van der Waals surface area contributed by atoms with E-state index in [1.807, 2.05) is 13.8 Å². The minimum atomic E-state index is -0.510. The van der Waals surface area contributed by atoms with Crippen molar-refractivity contribution in [2.45, 2.75) is 38.0 Å². The molecule has 2 N–H and O–H groups in total. The van der Waals surface area contributed by atoms with Gasteiger partial charge < -0.3 is 15.4 Å². The van der Waals surface area contributed by atoms with Crippen molar-refractivity contribution < 1.29 is 14.3 Å². The smallest absolute Gasteiger partial charge is 0.252 e. The molecule has 0 aromatic carbocycles. The molecule has 0 aromatic heterocycles. The van der Waals surface area contributed by atoms with Crippen LogP contribution in [0.1, 0.15) is 20.3 Å². The molecule has 3 atom stereocenters. The molecule has 0 bridgehead atoms. The summed E-state index contributed by atoms with van der Waals surface area (Å²) < 4.78 is 5.64. The van der Waals surface area contributed by atoms with Gasteiger partial charge >= 0.3 is 0 Å². The standard InChI is InChI=1S/C10H16N2O3/c1-10(2)4-5-6(8(11)13)12(3)9(14)7(5)15-10/h5-7H,4H2,1-3H3,(H2,11,13). The molecule has 2 rings (SSSR count). The van der Waals surface area contributed by atoms with Crippen LogP contribution in [-0.2, 0) is 14.3 Å². The Morgan fingerprint density at radius 1 is 1.60 bits per heavy atom. The lowest BCUT2D eigenvalue weighted by atomic mass is 9.90. The van der Waals surface area contributed by atoms with Gasteiger partial charge in [-0.25, -0.2) is 0 Å². The number of carbonyl (C=O) groups is 2. The van der Waals surface area contributed by atoms with Gasteiger partial charge in [-0.2, -0.15) is 0 Å². The maximum atomic E-state index is 11.8. The molecule has 2 heterocycles. The van der Waals surface area contributed by atoms with Crippen LogP contribution in [0.25, 0.3) is 0 Å². The Kier molecular flexibility index (Phi) is 2.05. The Labute approximate surface area is 88.5 Å². The summed E-state index contributed by atoms with van der Waals surface area (Å²) in [5.41, 5.74) is 4.97. The number of carbonyl (C=O) groups excluding carboxylic acids is 2. The third kappa shape index (κ3) is 1.42. The number of fused-ring (bicyclic) bond motifs is 1. The molecule has 5 nitrogen and oxygen atoms in total. The van der Waals surface area contributed by atoms with E-state index < -0.39 is 18.1 Å². The minimum Gasteiger partial charge on any atom is -0.368 e. The molecular weight excluding hydrogens is 196 g/mol. The summed E-state index contributed by atoms with van der Waals surface area (Å²) in [6, 6.07) is -0.510. The molecule has 2 aliphatic rings. The first-order valence-corrected chi connectivity index (χ1v) is 5.07. The summed E-state index contributed by atoms with van der Waals surface area (Å²) in [4.78, 5) is 24.5. The van der Waals surface area contributed by atoms with Gasteiger partial charge in [0.2, 0.25) is 5.91 Å². The lowest BCUT2D eigenvalue weighted by Gasteiger charge is -2.24. The first kappa shape index (κ1) is 10.4. The van der Waals surface area contributed by atoms with Crippen LogP contribution in [0.3, 0.4) is 0 Å². The first-order valence-electron chi connectivity index (χ1n) is 5.07. The zero-order valence-electron chi connectivity index (χ0n) is 9.19. The fourth-order valence-electron chi connectivity index (χ4n) is 2.69. The fourth-order valence-corrected chi connectivity index (χ4v) is 2.69. The molecule has 15 heavy (non-hydrogen) atoms. The monoisotopic (exact) mass is 212 g/mol. The molecule has 2 fully saturated rings. The second-order valence-electron chi connectivity index (χ2n) is 4.96. The van der Waals surface area contributed by atoms with Crippen molar-refractivity contribution in [2.24, 2.45) is 11.7 Å². The van der Waals surface area contributed by atoms with Gasteiger partial charge in [-0.05, 0) is 20.3 Å². The predicted molar refractivity (Wildman–Crippen MR) is 52.8 cm³/mol. The van der Waals surface area contributed by atoms with Crippen molar-refractivity contribution in [2.75, 3.05) is 7.05 Å². The molecule has 0 spiro atoms. The fraction of sp³-hybridized carbons (Fsp3) is 0.800. The number of rotatable bonds is 1. The summed E-state index contributed by atoms with van der Waals surface area (Å²) in [6.07, 6.45) is 0.212. The van der Waals surface area contributed by atoms with Crippen LogP contribution < -0.4 is 5.73 Å². The molecule has 3 unspecified atom stereocenters. The van der Waals surface area contributed by atoms with Crippen molar-refractivity contribution in [1.82, 2.24) is 4.90 Å². The summed E-state index contributed by atoms with van der Waals surface area (Å²) in [5.74, 6) is -0.663. The maximum absolute atomic E-state index is 11.8. The summed E-state index contributed by atoms with van der Waals surface area (Å²) in [5, 5.41) is 0. The predicted octanol–water partition coefficient (Wildman–Crippen LogP) is -0.504. The molecule has 5 heteroatoms. The molecule has 2 aliphatic heterocycles. The summed E-state index contributed by atoms with van der Waals surface area (Å²) in [7, 11) is 1.60. The number of hydrogen-bond acceptors (Lipinski definition) is 3. The zero-order valence-corrected chi connectivity index (χ0v) is 9.19. The highest BCUT2D eigenvalue weighted by atomic mass is 16.5. The van der Waals surface area contributed by atoms with Crippen LogP contribution in [0.4, 0.5) is 0 Å². The van der Waals surface area contributed by atoms with Crippen LogP contribution in [0, 0.1) is 5.92 Å². The molecule has 2 saturated heterocycles. The molecule has 0 aromatic rings. The Morgan fingerprint density at radius 2 is 2.20 bits per heavy atom. The molecule has 0 radical (unpaired) electrons. The first-order chi connectivity index (χ1) is 6.83. The van der Waals surface area contributed by atoms with Crippen LogP contribution in [0.5, 0.6) is 0 Å². The zero-order chi connectivity index (χ0) is 11.4. The van der Waals surface area contributed by atoms with E-state index in [1.54, 1.807) is 7.05 Å². The molecule has 0 saturated carbocycles. The maximum Gasteiger partial charge on any atom is 0.252 e. The van der Waals surface area contributed by atoms with E-state index in [9.17, 15) is 9.59 Å². The highest BCUT2D eigenvalue weighted by molar-refractivity contribution is 5.93. The third-order valence-corrected chi connectivity index (χ3v) is 3.27. The Hall–Kier alpha value is -1.10. The van der Waals surface area contributed by atoms with E-state index in [2.05, 4.69) is 0 Å². The average molecular weight is 212 g/mol. The highest BCUT2D eigenvalue weighted by Crippen LogP contribution is 2.42. The second-order valence-corrected chi connectivity index (χ2v) is 4.96. The van der Waals surface area contributed by atoms with Crippen LogP contribution in [0.2, 0.25) is 0 Å². The average Bonchev–Trinajstić information content (AvgIpc) is 2.48. The van der Waals surface area contributed by atoms with Gasteiger partial charge in [-0.3, -0.25) is 9.59 Å². The van der Waals surface area contributed by atoms with Gasteiger partial charge in [0.25, 0.3) is 5.91 Å². The Bertz CT molecular complexity index is 327. The van der Waals surface area contributed by atoms with E-state index >= 15 is 0 Å². The number of nitrogens with two attached hydrogens (primary N) is 1. The van der Waals surface area contributed by atoms with Crippen LogP contribution in [0.15, 0.2) is 0 Å². The highest BCUT2D eigenvalue weighted by Gasteiger charge is 2.56. The minimum absolute atomic E-state index is 0.0880. The number of primary amides is 1. The summed E-state index contributed by atoms with van der Waals surface area (Å²) in [6.45, 7) is 3.85. The van der Waals surface area contributed by atoms with E-state index in [0.717, 1.165) is 0 Å². The number of nitrogens with zero attached hydrogens (tertiary/aromatic N) is 1. The van der Waals surface area contributed by atoms with Gasteiger partial charge in [0.1, 0.15) is 12.1 Å². The Balaban J connectivity index is 2.30.